The molecule has 0 aliphatic heterocycles. The molecule has 0 saturated heterocycles. The molecular weight excluding hydrogens is 503 g/mol. The monoisotopic (exact) mass is 530 g/mol. The number of carboxylic acid groups (broad SMARTS) is 1. The Hall–Kier alpha value is -3.77. The number of hydrogen-bond donors (Lipinski definition) is 1. The number of methoxy groups -OCH3 is 1. The van der Waals surface area contributed by atoms with Gasteiger partial charge in [0.2, 0.25) is 0 Å². The largest absolute Gasteiger partial charge is 0.496 e. The average Bonchev–Trinajstić information content (AvgIpc) is 3.49. The Kier molecular flexibility index (Phi) is 7.07. The Morgan fingerprint density at radius 3 is 2.62 bits per heavy atom. The van der Waals surface area contributed by atoms with Crippen LogP contribution in [0.15, 0.2) is 46.2 Å². The lowest BCUT2D eigenvalue weighted by molar-refractivity contribution is -0.146. The molecule has 0 radical (unpaired) electrons. The van der Waals surface area contributed by atoms with E-state index in [2.05, 4.69) is 5.10 Å². The topological polar surface area (TPSA) is 118 Å². The van der Waals surface area contributed by atoms with Crippen LogP contribution in [0.5, 0.6) is 5.75 Å². The van der Waals surface area contributed by atoms with Crippen LogP contribution < -0.4 is 16.0 Å². The summed E-state index contributed by atoms with van der Waals surface area (Å²) < 4.78 is 29.2. The first kappa shape index (κ1) is 26.3. The van der Waals surface area contributed by atoms with E-state index in [9.17, 15) is 23.9 Å². The number of aliphatic carboxylic acids is 1. The van der Waals surface area contributed by atoms with Crippen molar-refractivity contribution in [1.29, 1.82) is 0 Å². The Bertz CT molecular complexity index is 1590. The zero-order valence-corrected chi connectivity index (χ0v) is 21.8. The zero-order valence-electron chi connectivity index (χ0n) is 21.0. The van der Waals surface area contributed by atoms with E-state index in [0.717, 1.165) is 4.57 Å². The molecule has 4 aromatic rings. The van der Waals surface area contributed by atoms with Gasteiger partial charge in [-0.15, -0.1) is 0 Å². The number of rotatable bonds is 9. The Balaban J connectivity index is 2.06. The second-order valence-electron chi connectivity index (χ2n) is 8.89. The summed E-state index contributed by atoms with van der Waals surface area (Å²) in [7, 11) is 1.44. The predicted octanol–water partition coefficient (Wildman–Crippen LogP) is 3.46. The lowest BCUT2D eigenvalue weighted by Gasteiger charge is -2.25. The van der Waals surface area contributed by atoms with Crippen LogP contribution in [0.2, 0.25) is 0 Å². The first-order valence-corrected chi connectivity index (χ1v) is 12.3. The SMILES string of the molecule is CCO[C@@H](Cn1c(=O)n(C(C)(C)C(=O)O)c(=O)c2c(C)c(-n3cccn3)sc21)c1cc(F)ccc1OC. The Labute approximate surface area is 215 Å². The summed E-state index contributed by atoms with van der Waals surface area (Å²) in [6, 6.07) is 5.72. The standard InChI is InChI=1S/C25H27FN4O6S/c1-6-36-18(16-12-15(26)8-9-17(16)35-5)13-28-22-19(14(2)21(37-22)29-11-7-10-27-29)20(31)30(24(28)34)25(3,4)23(32)33/h7-12,18H,6,13H2,1-5H3,(H,32,33)/t18-/m0/s1. The van der Waals surface area contributed by atoms with Gasteiger partial charge in [0, 0.05) is 30.1 Å². The highest BCUT2D eigenvalue weighted by Gasteiger charge is 2.36. The maximum absolute atomic E-state index is 14.2. The van der Waals surface area contributed by atoms with E-state index in [4.69, 9.17) is 9.47 Å². The van der Waals surface area contributed by atoms with E-state index in [1.807, 2.05) is 0 Å². The second-order valence-corrected chi connectivity index (χ2v) is 9.87. The predicted molar refractivity (Wildman–Crippen MR) is 136 cm³/mol. The van der Waals surface area contributed by atoms with Gasteiger partial charge in [0.1, 0.15) is 33.0 Å². The average molecular weight is 531 g/mol. The van der Waals surface area contributed by atoms with Crippen molar-refractivity contribution in [2.45, 2.75) is 45.9 Å². The number of benzene rings is 1. The quantitative estimate of drug-likeness (QED) is 0.352. The van der Waals surface area contributed by atoms with E-state index < -0.39 is 34.7 Å². The minimum Gasteiger partial charge on any atom is -0.496 e. The van der Waals surface area contributed by atoms with Gasteiger partial charge in [-0.3, -0.25) is 9.36 Å². The number of thiophene rings is 1. The van der Waals surface area contributed by atoms with E-state index in [1.54, 1.807) is 37.0 Å². The van der Waals surface area contributed by atoms with Gasteiger partial charge in [-0.25, -0.2) is 23.2 Å². The third-order valence-electron chi connectivity index (χ3n) is 6.24. The van der Waals surface area contributed by atoms with Gasteiger partial charge < -0.3 is 14.6 Å². The molecule has 0 spiro atoms. The number of halogens is 1. The van der Waals surface area contributed by atoms with Gasteiger partial charge in [-0.1, -0.05) is 11.3 Å². The Morgan fingerprint density at radius 2 is 2.03 bits per heavy atom. The number of carboxylic acids is 1. The van der Waals surface area contributed by atoms with Crippen molar-refractivity contribution in [3.63, 3.8) is 0 Å². The summed E-state index contributed by atoms with van der Waals surface area (Å²) in [5, 5.41) is 14.9. The van der Waals surface area contributed by atoms with Gasteiger partial charge in [0.25, 0.3) is 5.56 Å². The van der Waals surface area contributed by atoms with Crippen molar-refractivity contribution in [1.82, 2.24) is 18.9 Å². The van der Waals surface area contributed by atoms with E-state index in [0.29, 0.717) is 26.7 Å². The molecule has 3 aromatic heterocycles. The second kappa shape index (κ2) is 9.94. The number of carbonyl (C=O) groups is 1. The molecule has 0 fully saturated rings. The third-order valence-corrected chi connectivity index (χ3v) is 7.54. The van der Waals surface area contributed by atoms with Crippen LogP contribution in [0.3, 0.4) is 0 Å². The molecule has 12 heteroatoms. The molecule has 0 amide bonds. The summed E-state index contributed by atoms with van der Waals surface area (Å²) in [5.74, 6) is -1.49. The summed E-state index contributed by atoms with van der Waals surface area (Å²) >= 11 is 1.17. The smallest absolute Gasteiger partial charge is 0.333 e. The first-order chi connectivity index (χ1) is 17.5. The van der Waals surface area contributed by atoms with Crippen LogP contribution in [0.1, 0.15) is 38.0 Å². The zero-order chi connectivity index (χ0) is 27.1. The molecule has 1 N–H and O–H groups in total. The summed E-state index contributed by atoms with van der Waals surface area (Å²) in [5.41, 5.74) is -2.46. The van der Waals surface area contributed by atoms with Crippen molar-refractivity contribution >= 4 is 27.5 Å². The highest BCUT2D eigenvalue weighted by Crippen LogP contribution is 2.34. The fourth-order valence-corrected chi connectivity index (χ4v) is 5.50. The minimum atomic E-state index is -1.85. The molecule has 37 heavy (non-hydrogen) atoms. The van der Waals surface area contributed by atoms with Crippen LogP contribution in [-0.2, 0) is 21.6 Å². The first-order valence-electron chi connectivity index (χ1n) is 11.5. The maximum atomic E-state index is 14.2. The van der Waals surface area contributed by atoms with Crippen molar-refractivity contribution in [2.75, 3.05) is 13.7 Å². The maximum Gasteiger partial charge on any atom is 0.333 e. The summed E-state index contributed by atoms with van der Waals surface area (Å²) in [4.78, 5) is 39.9. The van der Waals surface area contributed by atoms with Gasteiger partial charge in [0.15, 0.2) is 0 Å². The van der Waals surface area contributed by atoms with E-state index in [1.165, 1.54) is 55.1 Å². The molecule has 0 bridgehead atoms. The number of fused-ring (bicyclic) bond motifs is 1. The van der Waals surface area contributed by atoms with Crippen LogP contribution >= 0.6 is 11.3 Å². The lowest BCUT2D eigenvalue weighted by Crippen LogP contribution is -2.52. The highest BCUT2D eigenvalue weighted by molar-refractivity contribution is 7.21. The molecule has 0 saturated carbocycles. The van der Waals surface area contributed by atoms with Gasteiger partial charge in [0.05, 0.1) is 19.0 Å². The molecule has 196 valence electrons. The Morgan fingerprint density at radius 1 is 1.30 bits per heavy atom. The normalized spacial score (nSPS) is 12.7. The van der Waals surface area contributed by atoms with Gasteiger partial charge in [-0.05, 0) is 52.0 Å². The van der Waals surface area contributed by atoms with E-state index in [-0.39, 0.29) is 18.5 Å². The number of aryl methyl sites for hydroxylation is 1. The fraction of sp³-hybridized carbons (Fsp3) is 0.360. The molecule has 4 rings (SSSR count). The van der Waals surface area contributed by atoms with Crippen molar-refractivity contribution in [2.24, 2.45) is 0 Å². The number of hydrogen-bond acceptors (Lipinski definition) is 7. The molecule has 10 nitrogen and oxygen atoms in total. The van der Waals surface area contributed by atoms with Gasteiger partial charge in [-0.2, -0.15) is 5.10 Å². The third kappa shape index (κ3) is 4.46. The molecule has 1 atom stereocenters. The lowest BCUT2D eigenvalue weighted by atomic mass is 10.1. The summed E-state index contributed by atoms with van der Waals surface area (Å²) in [6.45, 7) is 6.18. The molecule has 3 heterocycles. The van der Waals surface area contributed by atoms with Crippen molar-refractivity contribution in [3.8, 4) is 10.8 Å². The van der Waals surface area contributed by atoms with Crippen LogP contribution in [0, 0.1) is 12.7 Å². The number of aromatic nitrogens is 4. The number of nitrogens with zero attached hydrogens (tertiary/aromatic N) is 4. The summed E-state index contributed by atoms with van der Waals surface area (Å²) in [6.07, 6.45) is 2.45. The molecule has 0 aliphatic rings. The molecule has 1 aromatic carbocycles. The van der Waals surface area contributed by atoms with Crippen LogP contribution in [0.25, 0.3) is 15.2 Å². The minimum absolute atomic E-state index is 0.128. The van der Waals surface area contributed by atoms with Crippen molar-refractivity contribution in [3.05, 3.63) is 74.4 Å². The van der Waals surface area contributed by atoms with Crippen LogP contribution in [-0.4, -0.2) is 43.7 Å². The van der Waals surface area contributed by atoms with Gasteiger partial charge >= 0.3 is 11.7 Å². The fourth-order valence-electron chi connectivity index (χ4n) is 4.26. The highest BCUT2D eigenvalue weighted by atomic mass is 32.1. The molecule has 0 aliphatic carbocycles. The molecule has 0 unspecified atom stereocenters. The van der Waals surface area contributed by atoms with Crippen molar-refractivity contribution < 1.29 is 23.8 Å². The van der Waals surface area contributed by atoms with Crippen LogP contribution in [0.4, 0.5) is 4.39 Å². The van der Waals surface area contributed by atoms with E-state index >= 15 is 0 Å². The molecular formula is C25H27FN4O6S. The number of ether oxygens (including phenoxy) is 2.